The zero-order valence-corrected chi connectivity index (χ0v) is 7.58. The SMILES string of the molecule is CC(C)CC(CC#N)CC(=O)O. The van der Waals surface area contributed by atoms with Crippen LogP contribution in [-0.2, 0) is 4.79 Å². The number of carboxylic acids is 1. The molecule has 1 N–H and O–H groups in total. The lowest BCUT2D eigenvalue weighted by atomic mass is 9.92. The van der Waals surface area contributed by atoms with Crippen LogP contribution in [-0.4, -0.2) is 11.1 Å². The van der Waals surface area contributed by atoms with E-state index in [1.54, 1.807) is 0 Å². The van der Waals surface area contributed by atoms with E-state index in [2.05, 4.69) is 0 Å². The van der Waals surface area contributed by atoms with Crippen molar-refractivity contribution in [3.8, 4) is 6.07 Å². The van der Waals surface area contributed by atoms with Crippen molar-refractivity contribution >= 4 is 5.97 Å². The third kappa shape index (κ3) is 5.72. The summed E-state index contributed by atoms with van der Waals surface area (Å²) in [6, 6.07) is 2.02. The van der Waals surface area contributed by atoms with Gasteiger partial charge in [0.1, 0.15) is 0 Å². The highest BCUT2D eigenvalue weighted by molar-refractivity contribution is 5.67. The van der Waals surface area contributed by atoms with E-state index in [4.69, 9.17) is 10.4 Å². The molecule has 0 bridgehead atoms. The first-order valence-corrected chi connectivity index (χ1v) is 4.15. The van der Waals surface area contributed by atoms with E-state index in [-0.39, 0.29) is 12.3 Å². The fraction of sp³-hybridized carbons (Fsp3) is 0.778. The Bertz CT molecular complexity index is 181. The molecule has 0 radical (unpaired) electrons. The molecule has 0 rings (SSSR count). The zero-order chi connectivity index (χ0) is 9.56. The quantitative estimate of drug-likeness (QED) is 0.685. The van der Waals surface area contributed by atoms with Crippen molar-refractivity contribution in [1.82, 2.24) is 0 Å². The molecule has 0 aliphatic carbocycles. The summed E-state index contributed by atoms with van der Waals surface area (Å²) < 4.78 is 0. The average Bonchev–Trinajstić information content (AvgIpc) is 1.84. The summed E-state index contributed by atoms with van der Waals surface area (Å²) in [6.45, 7) is 4.07. The molecule has 68 valence electrons. The normalized spacial score (nSPS) is 12.5. The fourth-order valence-corrected chi connectivity index (χ4v) is 1.28. The third-order valence-electron chi connectivity index (χ3n) is 1.65. The lowest BCUT2D eigenvalue weighted by Gasteiger charge is -2.12. The highest BCUT2D eigenvalue weighted by atomic mass is 16.4. The summed E-state index contributed by atoms with van der Waals surface area (Å²) in [5, 5.41) is 16.9. The van der Waals surface area contributed by atoms with Crippen LogP contribution < -0.4 is 0 Å². The minimum Gasteiger partial charge on any atom is -0.481 e. The molecule has 12 heavy (non-hydrogen) atoms. The maximum absolute atomic E-state index is 10.4. The molecule has 0 heterocycles. The lowest BCUT2D eigenvalue weighted by molar-refractivity contribution is -0.138. The largest absolute Gasteiger partial charge is 0.481 e. The molecular weight excluding hydrogens is 154 g/mol. The van der Waals surface area contributed by atoms with Gasteiger partial charge in [-0.25, -0.2) is 0 Å². The monoisotopic (exact) mass is 169 g/mol. The minimum absolute atomic E-state index is 0.0208. The van der Waals surface area contributed by atoms with E-state index < -0.39 is 5.97 Å². The van der Waals surface area contributed by atoms with Crippen LogP contribution in [0.2, 0.25) is 0 Å². The second kappa shape index (κ2) is 5.59. The van der Waals surface area contributed by atoms with Gasteiger partial charge in [0.2, 0.25) is 0 Å². The molecule has 0 aromatic rings. The molecule has 0 amide bonds. The molecule has 0 saturated heterocycles. The van der Waals surface area contributed by atoms with Crippen molar-refractivity contribution in [3.05, 3.63) is 0 Å². The van der Waals surface area contributed by atoms with Gasteiger partial charge in [-0.3, -0.25) is 4.79 Å². The first kappa shape index (κ1) is 11.0. The van der Waals surface area contributed by atoms with Gasteiger partial charge >= 0.3 is 5.97 Å². The summed E-state index contributed by atoms with van der Waals surface area (Å²) in [7, 11) is 0. The first-order valence-electron chi connectivity index (χ1n) is 4.15. The van der Waals surface area contributed by atoms with Gasteiger partial charge in [0.05, 0.1) is 6.07 Å². The number of hydrogen-bond acceptors (Lipinski definition) is 2. The van der Waals surface area contributed by atoms with E-state index in [0.717, 1.165) is 6.42 Å². The van der Waals surface area contributed by atoms with E-state index in [0.29, 0.717) is 12.3 Å². The molecule has 0 saturated carbocycles. The molecule has 0 aromatic carbocycles. The van der Waals surface area contributed by atoms with E-state index >= 15 is 0 Å². The van der Waals surface area contributed by atoms with Gasteiger partial charge in [-0.15, -0.1) is 0 Å². The predicted molar refractivity (Wildman–Crippen MR) is 45.4 cm³/mol. The Morgan fingerprint density at radius 2 is 2.17 bits per heavy atom. The first-order chi connectivity index (χ1) is 5.56. The van der Waals surface area contributed by atoms with Crippen molar-refractivity contribution in [1.29, 1.82) is 5.26 Å². The summed E-state index contributed by atoms with van der Waals surface area (Å²) in [5.41, 5.74) is 0. The Morgan fingerprint density at radius 1 is 1.58 bits per heavy atom. The maximum atomic E-state index is 10.4. The van der Waals surface area contributed by atoms with E-state index in [1.807, 2.05) is 19.9 Å². The van der Waals surface area contributed by atoms with Gasteiger partial charge < -0.3 is 5.11 Å². The lowest BCUT2D eigenvalue weighted by Crippen LogP contribution is -2.09. The second-order valence-electron chi connectivity index (χ2n) is 3.46. The van der Waals surface area contributed by atoms with E-state index in [1.165, 1.54) is 0 Å². The number of nitriles is 1. The van der Waals surface area contributed by atoms with Crippen molar-refractivity contribution < 1.29 is 9.90 Å². The highest BCUT2D eigenvalue weighted by Crippen LogP contribution is 2.18. The van der Waals surface area contributed by atoms with Gasteiger partial charge in [0.25, 0.3) is 0 Å². The Hall–Kier alpha value is -1.04. The van der Waals surface area contributed by atoms with Gasteiger partial charge in [0.15, 0.2) is 0 Å². The van der Waals surface area contributed by atoms with Gasteiger partial charge in [0, 0.05) is 12.8 Å². The van der Waals surface area contributed by atoms with Crippen molar-refractivity contribution in [3.63, 3.8) is 0 Å². The van der Waals surface area contributed by atoms with Crippen molar-refractivity contribution in [2.24, 2.45) is 11.8 Å². The summed E-state index contributed by atoms with van der Waals surface area (Å²) in [5.74, 6) is -0.328. The van der Waals surface area contributed by atoms with Crippen molar-refractivity contribution in [2.75, 3.05) is 0 Å². The number of carbonyl (C=O) groups is 1. The highest BCUT2D eigenvalue weighted by Gasteiger charge is 2.14. The molecule has 3 nitrogen and oxygen atoms in total. The molecule has 3 heteroatoms. The standard InChI is InChI=1S/C9H15NO2/c1-7(2)5-8(3-4-10)6-9(11)12/h7-8H,3,5-6H2,1-2H3,(H,11,12). The zero-order valence-electron chi connectivity index (χ0n) is 7.58. The number of hydrogen-bond donors (Lipinski definition) is 1. The van der Waals surface area contributed by atoms with Crippen LogP contribution in [0.1, 0.15) is 33.1 Å². The second-order valence-corrected chi connectivity index (χ2v) is 3.46. The number of aliphatic carboxylic acids is 1. The van der Waals surface area contributed by atoms with Gasteiger partial charge in [-0.1, -0.05) is 13.8 Å². The molecule has 0 fully saturated rings. The van der Waals surface area contributed by atoms with Gasteiger partial charge in [-0.2, -0.15) is 5.26 Å². The third-order valence-corrected chi connectivity index (χ3v) is 1.65. The van der Waals surface area contributed by atoms with Crippen LogP contribution in [0.5, 0.6) is 0 Å². The molecule has 1 atom stereocenters. The molecule has 0 aromatic heterocycles. The topological polar surface area (TPSA) is 61.1 Å². The summed E-state index contributed by atoms with van der Waals surface area (Å²) in [6.07, 6.45) is 1.29. The molecule has 0 aliphatic heterocycles. The molecule has 1 unspecified atom stereocenters. The van der Waals surface area contributed by atoms with Crippen LogP contribution in [0.4, 0.5) is 0 Å². The maximum Gasteiger partial charge on any atom is 0.303 e. The van der Waals surface area contributed by atoms with Crippen molar-refractivity contribution in [2.45, 2.75) is 33.1 Å². The Balaban J connectivity index is 3.87. The van der Waals surface area contributed by atoms with Crippen LogP contribution in [0.25, 0.3) is 0 Å². The average molecular weight is 169 g/mol. The number of nitrogens with zero attached hydrogens (tertiary/aromatic N) is 1. The fourth-order valence-electron chi connectivity index (χ4n) is 1.28. The molecule has 0 spiro atoms. The van der Waals surface area contributed by atoms with Crippen LogP contribution >= 0.6 is 0 Å². The Kier molecular flexibility index (Phi) is 5.11. The summed E-state index contributed by atoms with van der Waals surface area (Å²) in [4.78, 5) is 10.4. The predicted octanol–water partition coefficient (Wildman–Crippen LogP) is 2.04. The number of carboxylic acid groups (broad SMARTS) is 1. The number of rotatable bonds is 5. The Morgan fingerprint density at radius 3 is 2.50 bits per heavy atom. The Labute approximate surface area is 73.0 Å². The van der Waals surface area contributed by atoms with E-state index in [9.17, 15) is 4.79 Å². The minimum atomic E-state index is -0.809. The molecule has 0 aliphatic rings. The summed E-state index contributed by atoms with van der Waals surface area (Å²) >= 11 is 0. The van der Waals surface area contributed by atoms with Crippen LogP contribution in [0.3, 0.4) is 0 Å². The van der Waals surface area contributed by atoms with Crippen LogP contribution in [0, 0.1) is 23.2 Å². The smallest absolute Gasteiger partial charge is 0.303 e. The van der Waals surface area contributed by atoms with Crippen LogP contribution in [0.15, 0.2) is 0 Å². The van der Waals surface area contributed by atoms with Gasteiger partial charge in [-0.05, 0) is 18.3 Å². The molecular formula is C9H15NO2.